The summed E-state index contributed by atoms with van der Waals surface area (Å²) in [6, 6.07) is 15.3. The Kier molecular flexibility index (Phi) is 2.72. The van der Waals surface area contributed by atoms with E-state index in [1.54, 1.807) is 0 Å². The maximum absolute atomic E-state index is 3.83. The molecule has 0 aliphatic heterocycles. The van der Waals surface area contributed by atoms with Crippen LogP contribution in [-0.4, -0.2) is 4.83 Å². The standard InChI is InChI=1S/C15H15Br/c16-15(12-8-9-12)10-13-6-3-5-11-4-1-2-7-14(11)13/h1-7,12,15H,8-10H2. The molecule has 2 aromatic rings. The molecule has 0 nitrogen and oxygen atoms in total. The lowest BCUT2D eigenvalue weighted by Gasteiger charge is -2.10. The van der Waals surface area contributed by atoms with Gasteiger partial charge in [-0.15, -0.1) is 0 Å². The summed E-state index contributed by atoms with van der Waals surface area (Å²) in [5.74, 6) is 0.916. The van der Waals surface area contributed by atoms with Crippen molar-refractivity contribution in [2.24, 2.45) is 5.92 Å². The molecule has 1 unspecified atom stereocenters. The largest absolute Gasteiger partial charge is 0.0884 e. The van der Waals surface area contributed by atoms with Gasteiger partial charge in [-0.3, -0.25) is 0 Å². The molecule has 0 saturated heterocycles. The van der Waals surface area contributed by atoms with Gasteiger partial charge >= 0.3 is 0 Å². The van der Waals surface area contributed by atoms with Gasteiger partial charge in [-0.1, -0.05) is 58.4 Å². The van der Waals surface area contributed by atoms with E-state index in [1.165, 1.54) is 29.2 Å². The molecule has 16 heavy (non-hydrogen) atoms. The average Bonchev–Trinajstić information content (AvgIpc) is 3.13. The highest BCUT2D eigenvalue weighted by Gasteiger charge is 2.29. The average molecular weight is 275 g/mol. The minimum atomic E-state index is 0.665. The first-order chi connectivity index (χ1) is 7.84. The molecule has 2 aromatic carbocycles. The van der Waals surface area contributed by atoms with Crippen LogP contribution in [-0.2, 0) is 6.42 Å². The van der Waals surface area contributed by atoms with E-state index >= 15 is 0 Å². The molecule has 1 heteroatoms. The Morgan fingerprint density at radius 1 is 1.06 bits per heavy atom. The fraction of sp³-hybridized carbons (Fsp3) is 0.333. The number of hydrogen-bond donors (Lipinski definition) is 0. The van der Waals surface area contributed by atoms with Crippen LogP contribution in [0.5, 0.6) is 0 Å². The lowest BCUT2D eigenvalue weighted by atomic mass is 10.00. The third-order valence-electron chi connectivity index (χ3n) is 3.43. The van der Waals surface area contributed by atoms with E-state index in [1.807, 2.05) is 0 Å². The number of fused-ring (bicyclic) bond motifs is 1. The minimum Gasteiger partial charge on any atom is -0.0884 e. The van der Waals surface area contributed by atoms with Gasteiger partial charge in [-0.05, 0) is 41.5 Å². The molecule has 1 aliphatic carbocycles. The molecule has 1 fully saturated rings. The zero-order valence-corrected chi connectivity index (χ0v) is 10.8. The number of benzene rings is 2. The zero-order valence-electron chi connectivity index (χ0n) is 9.20. The van der Waals surface area contributed by atoms with Crippen molar-refractivity contribution in [2.45, 2.75) is 24.1 Å². The summed E-state index contributed by atoms with van der Waals surface area (Å²) in [5, 5.41) is 2.77. The fourth-order valence-corrected chi connectivity index (χ4v) is 3.18. The normalized spacial score (nSPS) is 17.6. The summed E-state index contributed by atoms with van der Waals surface area (Å²) in [6.07, 6.45) is 3.97. The molecule has 1 aliphatic rings. The molecule has 0 bridgehead atoms. The Balaban J connectivity index is 1.95. The number of rotatable bonds is 3. The molecule has 1 atom stereocenters. The van der Waals surface area contributed by atoms with Crippen LogP contribution in [0.3, 0.4) is 0 Å². The molecule has 0 spiro atoms. The van der Waals surface area contributed by atoms with Gasteiger partial charge in [0.25, 0.3) is 0 Å². The fourth-order valence-electron chi connectivity index (χ4n) is 2.31. The first kappa shape index (κ1) is 10.3. The third-order valence-corrected chi connectivity index (χ3v) is 4.50. The van der Waals surface area contributed by atoms with E-state index in [2.05, 4.69) is 58.4 Å². The number of alkyl halides is 1. The molecule has 0 N–H and O–H groups in total. The summed E-state index contributed by atoms with van der Waals surface area (Å²) in [5.41, 5.74) is 1.48. The van der Waals surface area contributed by atoms with Crippen LogP contribution in [0, 0.1) is 5.92 Å². The second-order valence-electron chi connectivity index (χ2n) is 4.70. The van der Waals surface area contributed by atoms with Gasteiger partial charge in [0, 0.05) is 4.83 Å². The van der Waals surface area contributed by atoms with Crippen molar-refractivity contribution in [1.29, 1.82) is 0 Å². The predicted octanol–water partition coefficient (Wildman–Crippen LogP) is 4.56. The summed E-state index contributed by atoms with van der Waals surface area (Å²) < 4.78 is 0. The molecule has 0 aromatic heterocycles. The second-order valence-corrected chi connectivity index (χ2v) is 5.87. The predicted molar refractivity (Wildman–Crippen MR) is 73.1 cm³/mol. The molecule has 0 radical (unpaired) electrons. The second kappa shape index (κ2) is 4.21. The van der Waals surface area contributed by atoms with Crippen LogP contribution in [0.2, 0.25) is 0 Å². The minimum absolute atomic E-state index is 0.665. The van der Waals surface area contributed by atoms with E-state index in [4.69, 9.17) is 0 Å². The van der Waals surface area contributed by atoms with E-state index < -0.39 is 0 Å². The molecular weight excluding hydrogens is 260 g/mol. The molecule has 0 amide bonds. The maximum atomic E-state index is 3.83. The van der Waals surface area contributed by atoms with Crippen LogP contribution in [0.25, 0.3) is 10.8 Å². The van der Waals surface area contributed by atoms with Gasteiger partial charge in [0.2, 0.25) is 0 Å². The Morgan fingerprint density at radius 3 is 2.62 bits per heavy atom. The Labute approximate surface area is 105 Å². The van der Waals surface area contributed by atoms with Gasteiger partial charge < -0.3 is 0 Å². The van der Waals surface area contributed by atoms with E-state index in [0.717, 1.165) is 12.3 Å². The summed E-state index contributed by atoms with van der Waals surface area (Å²) in [6.45, 7) is 0. The lowest BCUT2D eigenvalue weighted by Crippen LogP contribution is -2.05. The van der Waals surface area contributed by atoms with Crippen LogP contribution < -0.4 is 0 Å². The van der Waals surface area contributed by atoms with Crippen molar-refractivity contribution >= 4 is 26.7 Å². The van der Waals surface area contributed by atoms with Crippen LogP contribution in [0.4, 0.5) is 0 Å². The van der Waals surface area contributed by atoms with Gasteiger partial charge in [0.1, 0.15) is 0 Å². The molecule has 3 rings (SSSR count). The maximum Gasteiger partial charge on any atom is 0.0214 e. The molecule has 1 saturated carbocycles. The highest BCUT2D eigenvalue weighted by Crippen LogP contribution is 2.38. The number of hydrogen-bond acceptors (Lipinski definition) is 0. The van der Waals surface area contributed by atoms with E-state index in [0.29, 0.717) is 4.83 Å². The third kappa shape index (κ3) is 2.01. The molecule has 0 heterocycles. The molecular formula is C15H15Br. The lowest BCUT2D eigenvalue weighted by molar-refractivity contribution is 0.764. The van der Waals surface area contributed by atoms with Crippen molar-refractivity contribution < 1.29 is 0 Å². The Bertz CT molecular complexity index is 494. The van der Waals surface area contributed by atoms with Crippen molar-refractivity contribution in [3.63, 3.8) is 0 Å². The van der Waals surface area contributed by atoms with Crippen molar-refractivity contribution in [1.82, 2.24) is 0 Å². The highest BCUT2D eigenvalue weighted by molar-refractivity contribution is 9.09. The molecule has 82 valence electrons. The topological polar surface area (TPSA) is 0 Å². The summed E-state index contributed by atoms with van der Waals surface area (Å²) in [7, 11) is 0. The van der Waals surface area contributed by atoms with E-state index in [-0.39, 0.29) is 0 Å². The van der Waals surface area contributed by atoms with Crippen molar-refractivity contribution in [3.05, 3.63) is 48.0 Å². The van der Waals surface area contributed by atoms with E-state index in [9.17, 15) is 0 Å². The summed E-state index contributed by atoms with van der Waals surface area (Å²) >= 11 is 3.83. The van der Waals surface area contributed by atoms with Gasteiger partial charge in [0.05, 0.1) is 0 Å². The SMILES string of the molecule is BrC(Cc1cccc2ccccc12)C1CC1. The van der Waals surface area contributed by atoms with Crippen LogP contribution >= 0.6 is 15.9 Å². The number of halogens is 1. The Morgan fingerprint density at radius 2 is 1.81 bits per heavy atom. The zero-order chi connectivity index (χ0) is 11.0. The van der Waals surface area contributed by atoms with Crippen LogP contribution in [0.15, 0.2) is 42.5 Å². The smallest absolute Gasteiger partial charge is 0.0214 e. The monoisotopic (exact) mass is 274 g/mol. The first-order valence-corrected chi connectivity index (χ1v) is 6.87. The van der Waals surface area contributed by atoms with Gasteiger partial charge in [-0.25, -0.2) is 0 Å². The van der Waals surface area contributed by atoms with Crippen LogP contribution in [0.1, 0.15) is 18.4 Å². The highest BCUT2D eigenvalue weighted by atomic mass is 79.9. The quantitative estimate of drug-likeness (QED) is 0.720. The summed E-state index contributed by atoms with van der Waals surface area (Å²) in [4.78, 5) is 0.665. The van der Waals surface area contributed by atoms with Crippen molar-refractivity contribution in [2.75, 3.05) is 0 Å². The van der Waals surface area contributed by atoms with Gasteiger partial charge in [0.15, 0.2) is 0 Å². The first-order valence-electron chi connectivity index (χ1n) is 5.95. The van der Waals surface area contributed by atoms with Gasteiger partial charge in [-0.2, -0.15) is 0 Å². The Hall–Kier alpha value is -0.820. The van der Waals surface area contributed by atoms with Crippen molar-refractivity contribution in [3.8, 4) is 0 Å².